The van der Waals surface area contributed by atoms with E-state index in [0.29, 0.717) is 25.4 Å². The van der Waals surface area contributed by atoms with E-state index in [0.717, 1.165) is 17.1 Å². The van der Waals surface area contributed by atoms with Gasteiger partial charge in [-0.2, -0.15) is 0 Å². The van der Waals surface area contributed by atoms with Crippen LogP contribution in [0.2, 0.25) is 0 Å². The van der Waals surface area contributed by atoms with Gasteiger partial charge in [0, 0.05) is 48.3 Å². The van der Waals surface area contributed by atoms with Gasteiger partial charge in [0.25, 0.3) is 0 Å². The largest absolute Gasteiger partial charge is 0.356 e. The molecule has 136 valence electrons. The van der Waals surface area contributed by atoms with Crippen molar-refractivity contribution in [3.8, 4) is 0 Å². The maximum atomic E-state index is 12.0. The van der Waals surface area contributed by atoms with Gasteiger partial charge < -0.3 is 9.88 Å². The molecule has 0 saturated heterocycles. The molecule has 1 N–H and O–H groups in total. The summed E-state index contributed by atoms with van der Waals surface area (Å²) in [6.07, 6.45) is 7.64. The maximum Gasteiger partial charge on any atom is 0.307 e. The Morgan fingerprint density at radius 1 is 1.28 bits per heavy atom. The second-order valence-corrected chi connectivity index (χ2v) is 8.41. The first-order valence-corrected chi connectivity index (χ1v) is 10.8. The fourth-order valence-electron chi connectivity index (χ4n) is 3.31. The van der Waals surface area contributed by atoms with E-state index in [9.17, 15) is 9.59 Å². The second-order valence-electron chi connectivity index (χ2n) is 6.65. The minimum absolute atomic E-state index is 0.00308. The SMILES string of the molecule is Cc1csc(=O)n1CCC(=O)NCCc1nc(C2CCCCC2)cs1. The first kappa shape index (κ1) is 18.3. The van der Waals surface area contributed by atoms with E-state index < -0.39 is 0 Å². The van der Waals surface area contributed by atoms with Gasteiger partial charge in [0.1, 0.15) is 0 Å². The van der Waals surface area contributed by atoms with E-state index in [2.05, 4.69) is 10.7 Å². The Labute approximate surface area is 156 Å². The van der Waals surface area contributed by atoms with Crippen LogP contribution in [0.25, 0.3) is 0 Å². The van der Waals surface area contributed by atoms with Crippen LogP contribution in [0.5, 0.6) is 0 Å². The number of nitrogens with zero attached hydrogens (tertiary/aromatic N) is 2. The van der Waals surface area contributed by atoms with Gasteiger partial charge >= 0.3 is 4.87 Å². The molecule has 1 aliphatic carbocycles. The average molecular weight is 380 g/mol. The van der Waals surface area contributed by atoms with Gasteiger partial charge in [0.05, 0.1) is 10.7 Å². The van der Waals surface area contributed by atoms with Crippen LogP contribution in [-0.2, 0) is 17.8 Å². The van der Waals surface area contributed by atoms with Crippen molar-refractivity contribution in [3.63, 3.8) is 0 Å². The molecule has 2 aromatic rings. The number of carbonyl (C=O) groups is 1. The molecule has 0 aliphatic heterocycles. The van der Waals surface area contributed by atoms with Crippen LogP contribution < -0.4 is 10.2 Å². The van der Waals surface area contributed by atoms with E-state index in [1.165, 1.54) is 49.1 Å². The second kappa shape index (κ2) is 8.76. The Morgan fingerprint density at radius 2 is 2.08 bits per heavy atom. The Morgan fingerprint density at radius 3 is 2.80 bits per heavy atom. The molecule has 0 atom stereocenters. The minimum atomic E-state index is -0.0124. The molecule has 2 heterocycles. The van der Waals surface area contributed by atoms with E-state index in [1.54, 1.807) is 15.9 Å². The van der Waals surface area contributed by atoms with Crippen molar-refractivity contribution in [2.24, 2.45) is 0 Å². The molecule has 1 saturated carbocycles. The zero-order chi connectivity index (χ0) is 17.6. The quantitative estimate of drug-likeness (QED) is 0.801. The third-order valence-electron chi connectivity index (χ3n) is 4.79. The lowest BCUT2D eigenvalue weighted by molar-refractivity contribution is -0.121. The molecule has 0 aromatic carbocycles. The summed E-state index contributed by atoms with van der Waals surface area (Å²) in [6, 6.07) is 0. The molecule has 0 radical (unpaired) electrons. The summed E-state index contributed by atoms with van der Waals surface area (Å²) in [5, 5.41) is 8.06. The van der Waals surface area contributed by atoms with Gasteiger partial charge in [0.2, 0.25) is 5.91 Å². The molecule has 3 rings (SSSR count). The molecule has 0 spiro atoms. The van der Waals surface area contributed by atoms with Crippen LogP contribution in [0, 0.1) is 6.92 Å². The summed E-state index contributed by atoms with van der Waals surface area (Å²) in [7, 11) is 0. The molecule has 0 bridgehead atoms. The molecule has 1 fully saturated rings. The third kappa shape index (κ3) is 5.01. The Bertz CT molecular complexity index is 756. The predicted molar refractivity (Wildman–Crippen MR) is 103 cm³/mol. The number of aromatic nitrogens is 2. The summed E-state index contributed by atoms with van der Waals surface area (Å²) in [5.74, 6) is 0.627. The molecule has 0 unspecified atom stereocenters. The lowest BCUT2D eigenvalue weighted by Crippen LogP contribution is -2.28. The maximum absolute atomic E-state index is 12.0. The zero-order valence-electron chi connectivity index (χ0n) is 14.6. The van der Waals surface area contributed by atoms with Crippen molar-refractivity contribution < 1.29 is 4.79 Å². The summed E-state index contributed by atoms with van der Waals surface area (Å²) >= 11 is 2.88. The summed E-state index contributed by atoms with van der Waals surface area (Å²) < 4.78 is 1.65. The van der Waals surface area contributed by atoms with E-state index in [1.807, 2.05) is 12.3 Å². The predicted octanol–water partition coefficient (Wildman–Crippen LogP) is 3.47. The van der Waals surface area contributed by atoms with Crippen LogP contribution >= 0.6 is 22.7 Å². The molecular formula is C18H25N3O2S2. The van der Waals surface area contributed by atoms with Crippen LogP contribution in [0.15, 0.2) is 15.6 Å². The van der Waals surface area contributed by atoms with E-state index >= 15 is 0 Å². The molecule has 1 amide bonds. The topological polar surface area (TPSA) is 64.0 Å². The number of aryl methyl sites for hydroxylation is 1. The highest BCUT2D eigenvalue weighted by Gasteiger charge is 2.18. The third-order valence-corrected chi connectivity index (χ3v) is 6.60. The van der Waals surface area contributed by atoms with Crippen molar-refractivity contribution in [3.05, 3.63) is 36.8 Å². The van der Waals surface area contributed by atoms with Gasteiger partial charge in [-0.1, -0.05) is 30.6 Å². The zero-order valence-corrected chi connectivity index (χ0v) is 16.3. The summed E-state index contributed by atoms with van der Waals surface area (Å²) in [4.78, 5) is 28.4. The molecular weight excluding hydrogens is 354 g/mol. The normalized spacial score (nSPS) is 15.4. The highest BCUT2D eigenvalue weighted by atomic mass is 32.1. The molecule has 25 heavy (non-hydrogen) atoms. The smallest absolute Gasteiger partial charge is 0.307 e. The molecule has 5 nitrogen and oxygen atoms in total. The van der Waals surface area contributed by atoms with Crippen molar-refractivity contribution >= 4 is 28.6 Å². The average Bonchev–Trinajstić information content (AvgIpc) is 3.21. The van der Waals surface area contributed by atoms with E-state index in [-0.39, 0.29) is 10.8 Å². The lowest BCUT2D eigenvalue weighted by Gasteiger charge is -2.19. The van der Waals surface area contributed by atoms with Crippen LogP contribution in [0.1, 0.15) is 60.8 Å². The van der Waals surface area contributed by atoms with Crippen LogP contribution in [-0.4, -0.2) is 22.0 Å². The van der Waals surface area contributed by atoms with Crippen molar-refractivity contribution in [2.75, 3.05) is 6.54 Å². The number of hydrogen-bond donors (Lipinski definition) is 1. The number of amides is 1. The van der Waals surface area contributed by atoms with Gasteiger partial charge in [-0.25, -0.2) is 4.98 Å². The van der Waals surface area contributed by atoms with Crippen molar-refractivity contribution in [1.29, 1.82) is 0 Å². The molecule has 1 aliphatic rings. The molecule has 2 aromatic heterocycles. The monoisotopic (exact) mass is 379 g/mol. The Balaban J connectivity index is 1.40. The molecule has 7 heteroatoms. The number of carbonyl (C=O) groups excluding carboxylic acids is 1. The Hall–Kier alpha value is -1.47. The van der Waals surface area contributed by atoms with Crippen molar-refractivity contribution in [2.45, 2.75) is 64.3 Å². The van der Waals surface area contributed by atoms with Crippen LogP contribution in [0.3, 0.4) is 0 Å². The lowest BCUT2D eigenvalue weighted by atomic mass is 9.87. The van der Waals surface area contributed by atoms with E-state index in [4.69, 9.17) is 4.98 Å². The first-order chi connectivity index (χ1) is 12.1. The first-order valence-electron chi connectivity index (χ1n) is 8.99. The fraction of sp³-hybridized carbons (Fsp3) is 0.611. The fourth-order valence-corrected chi connectivity index (χ4v) is 4.95. The van der Waals surface area contributed by atoms with Gasteiger partial charge in [-0.15, -0.1) is 11.3 Å². The van der Waals surface area contributed by atoms with Crippen molar-refractivity contribution in [1.82, 2.24) is 14.9 Å². The minimum Gasteiger partial charge on any atom is -0.356 e. The number of hydrogen-bond acceptors (Lipinski definition) is 5. The summed E-state index contributed by atoms with van der Waals surface area (Å²) in [6.45, 7) is 2.94. The Kier molecular flexibility index (Phi) is 6.42. The van der Waals surface area contributed by atoms with Gasteiger partial charge in [-0.05, 0) is 19.8 Å². The van der Waals surface area contributed by atoms with Gasteiger partial charge in [-0.3, -0.25) is 9.59 Å². The summed E-state index contributed by atoms with van der Waals surface area (Å²) in [5.41, 5.74) is 2.17. The van der Waals surface area contributed by atoms with Crippen LogP contribution in [0.4, 0.5) is 0 Å². The highest BCUT2D eigenvalue weighted by Crippen LogP contribution is 2.33. The highest BCUT2D eigenvalue weighted by molar-refractivity contribution is 7.09. The number of thiazole rings is 2. The van der Waals surface area contributed by atoms with Gasteiger partial charge in [0.15, 0.2) is 0 Å². The number of rotatable bonds is 7. The number of nitrogens with one attached hydrogen (secondary N) is 1. The standard InChI is InChI=1S/C18H25N3O2S2/c1-13-11-25-18(23)21(13)10-8-16(22)19-9-7-17-20-15(12-24-17)14-5-3-2-4-6-14/h11-12,14H,2-10H2,1H3,(H,19,22).